The molecule has 0 radical (unpaired) electrons. The molecule has 0 saturated heterocycles. The second kappa shape index (κ2) is 9.33. The van der Waals surface area contributed by atoms with Crippen LogP contribution in [0.5, 0.6) is 0 Å². The predicted molar refractivity (Wildman–Crippen MR) is 42.6 cm³/mol. The quantitative estimate of drug-likeness (QED) is 0.290. The zero-order chi connectivity index (χ0) is 9.83. The first kappa shape index (κ1) is 21.6. The van der Waals surface area contributed by atoms with Crippen molar-refractivity contribution in [1.29, 1.82) is 0 Å². The summed E-state index contributed by atoms with van der Waals surface area (Å²) in [4.78, 5) is 38.1. The smallest absolute Gasteiger partial charge is 0.811 e. The van der Waals surface area contributed by atoms with Gasteiger partial charge >= 0.3 is 67.7 Å². The van der Waals surface area contributed by atoms with Crippen LogP contribution in [0, 0.1) is 0 Å². The second-order valence-electron chi connectivity index (χ2n) is 3.01. The number of hydrogen-bond donors (Lipinski definition) is 2. The molecular formula is C5H13Na2O5PSi. The fourth-order valence-corrected chi connectivity index (χ4v) is 2.30. The van der Waals surface area contributed by atoms with Crippen molar-refractivity contribution in [1.82, 2.24) is 0 Å². The number of unbranched alkanes of at least 4 members (excludes halogenated alkanes) is 1. The summed E-state index contributed by atoms with van der Waals surface area (Å²) in [7, 11) is -7.44. The molecule has 0 aromatic rings. The van der Waals surface area contributed by atoms with Crippen LogP contribution in [0.2, 0.25) is 12.6 Å². The minimum absolute atomic E-state index is 0. The van der Waals surface area contributed by atoms with E-state index >= 15 is 0 Å². The Morgan fingerprint density at radius 1 is 1.21 bits per heavy atom. The zero-order valence-corrected chi connectivity index (χ0v) is 14.8. The van der Waals surface area contributed by atoms with E-state index in [1.165, 1.54) is 6.55 Å². The summed E-state index contributed by atoms with van der Waals surface area (Å²) in [6.07, 6.45) is 0.204. The molecule has 0 aliphatic heterocycles. The monoisotopic (exact) mass is 258 g/mol. The molecule has 0 bridgehead atoms. The maximum absolute atomic E-state index is 10.1. The van der Waals surface area contributed by atoms with E-state index in [-0.39, 0.29) is 71.6 Å². The van der Waals surface area contributed by atoms with Gasteiger partial charge in [-0.05, 0) is 25.2 Å². The third kappa shape index (κ3) is 19.8. The van der Waals surface area contributed by atoms with Crippen molar-refractivity contribution < 1.29 is 83.1 Å². The molecule has 0 saturated carbocycles. The predicted octanol–water partition coefficient (Wildman–Crippen LogP) is -7.26. The van der Waals surface area contributed by atoms with Crippen LogP contribution < -0.4 is 68.9 Å². The first-order valence-corrected chi connectivity index (χ1v) is 7.99. The minimum atomic E-state index is -4.40. The largest absolute Gasteiger partial charge is 1.00 e. The molecule has 0 aromatic carbocycles. The molecule has 2 N–H and O–H groups in total. The van der Waals surface area contributed by atoms with Crippen LogP contribution >= 0.6 is 7.60 Å². The van der Waals surface area contributed by atoms with Crippen LogP contribution in [0.4, 0.5) is 0 Å². The fraction of sp³-hybridized carbons (Fsp3) is 1.00. The van der Waals surface area contributed by atoms with Crippen molar-refractivity contribution in [2.24, 2.45) is 0 Å². The van der Waals surface area contributed by atoms with Gasteiger partial charge in [0.25, 0.3) is 0 Å². The van der Waals surface area contributed by atoms with Gasteiger partial charge in [0.2, 0.25) is 0 Å². The zero-order valence-electron chi connectivity index (χ0n) is 8.89. The maximum atomic E-state index is 10.1. The topological polar surface area (TPSA) is 104 Å². The molecule has 0 heterocycles. The third-order valence-corrected chi connectivity index (χ3v) is 3.50. The van der Waals surface area contributed by atoms with Gasteiger partial charge in [-0.1, -0.05) is 14.0 Å². The molecular weight excluding hydrogens is 245 g/mol. The molecule has 0 atom stereocenters. The van der Waals surface area contributed by atoms with Crippen LogP contribution in [0.25, 0.3) is 0 Å². The van der Waals surface area contributed by atoms with Gasteiger partial charge in [0.15, 0.2) is 0 Å². The molecule has 0 unspecified atom stereocenters. The Morgan fingerprint density at radius 2 is 1.64 bits per heavy atom. The van der Waals surface area contributed by atoms with Crippen molar-refractivity contribution in [2.75, 3.05) is 6.16 Å². The normalized spacial score (nSPS) is 11.5. The van der Waals surface area contributed by atoms with E-state index in [0.29, 0.717) is 6.42 Å². The SMILES string of the molecule is C[Si](O)(O)CCCCP(=O)([O-])[O-].[Na+].[Na+]. The Hall–Kier alpha value is 2.29. The third-order valence-electron chi connectivity index (χ3n) is 1.33. The summed E-state index contributed by atoms with van der Waals surface area (Å²) < 4.78 is 10.1. The van der Waals surface area contributed by atoms with Crippen molar-refractivity contribution in [3.63, 3.8) is 0 Å². The molecule has 0 amide bonds. The summed E-state index contributed by atoms with van der Waals surface area (Å²) in [6.45, 7) is 1.35. The number of hydrogen-bond acceptors (Lipinski definition) is 5. The van der Waals surface area contributed by atoms with Crippen LogP contribution in [0.3, 0.4) is 0 Å². The Bertz CT molecular complexity index is 179. The Morgan fingerprint density at radius 3 is 1.93 bits per heavy atom. The van der Waals surface area contributed by atoms with Crippen molar-refractivity contribution >= 4 is 16.2 Å². The molecule has 0 aliphatic carbocycles. The van der Waals surface area contributed by atoms with E-state index in [2.05, 4.69) is 0 Å². The van der Waals surface area contributed by atoms with Crippen LogP contribution in [-0.2, 0) is 4.57 Å². The fourth-order valence-electron chi connectivity index (χ4n) is 0.765. The van der Waals surface area contributed by atoms with Gasteiger partial charge in [0.1, 0.15) is 0 Å². The van der Waals surface area contributed by atoms with Crippen LogP contribution in [-0.4, -0.2) is 24.3 Å². The molecule has 14 heavy (non-hydrogen) atoms. The van der Waals surface area contributed by atoms with Gasteiger partial charge in [-0.3, -0.25) is 0 Å². The van der Waals surface area contributed by atoms with Crippen LogP contribution in [0.15, 0.2) is 0 Å². The van der Waals surface area contributed by atoms with Gasteiger partial charge < -0.3 is 23.9 Å². The van der Waals surface area contributed by atoms with E-state index in [4.69, 9.17) is 9.59 Å². The van der Waals surface area contributed by atoms with Crippen molar-refractivity contribution in [2.45, 2.75) is 25.4 Å². The molecule has 9 heteroatoms. The first-order chi connectivity index (χ1) is 5.21. The standard InChI is InChI=1S/C5H15O5PSi.2Na/c1-12(9,10)5-3-2-4-11(6,7)8;;/h9-10H,2-5H2,1H3,(H2,6,7,8);;/q;2*+1/p-2. The van der Waals surface area contributed by atoms with Gasteiger partial charge in [0.05, 0.1) is 0 Å². The van der Waals surface area contributed by atoms with Crippen molar-refractivity contribution in [3.05, 3.63) is 0 Å². The van der Waals surface area contributed by atoms with Gasteiger partial charge in [0, 0.05) is 0 Å². The summed E-state index contributed by atoms with van der Waals surface area (Å²) in [6, 6.07) is 0.215. The molecule has 0 fully saturated rings. The second-order valence-corrected chi connectivity index (χ2v) is 7.61. The molecule has 0 aliphatic rings. The average molecular weight is 258 g/mol. The minimum Gasteiger partial charge on any atom is -0.811 e. The van der Waals surface area contributed by atoms with Gasteiger partial charge in [-0.15, -0.1) is 0 Å². The van der Waals surface area contributed by atoms with E-state index in [0.717, 1.165) is 0 Å². The van der Waals surface area contributed by atoms with E-state index in [1.54, 1.807) is 0 Å². The van der Waals surface area contributed by atoms with E-state index in [1.807, 2.05) is 0 Å². The first-order valence-electron chi connectivity index (χ1n) is 3.66. The number of rotatable bonds is 5. The Kier molecular flexibility index (Phi) is 14.4. The molecule has 5 nitrogen and oxygen atoms in total. The summed E-state index contributed by atoms with van der Waals surface area (Å²) in [5, 5.41) is 0. The van der Waals surface area contributed by atoms with Crippen molar-refractivity contribution in [3.8, 4) is 0 Å². The van der Waals surface area contributed by atoms with Gasteiger partial charge in [-0.2, -0.15) is 0 Å². The average Bonchev–Trinajstić information content (AvgIpc) is 1.76. The molecule has 0 spiro atoms. The molecule has 0 aromatic heterocycles. The summed E-state index contributed by atoms with van der Waals surface area (Å²) in [5.41, 5.74) is 0. The summed E-state index contributed by atoms with van der Waals surface area (Å²) in [5.74, 6) is 0. The Balaban J connectivity index is -0.000000605. The Labute approximate surface area is 129 Å². The van der Waals surface area contributed by atoms with Gasteiger partial charge in [-0.25, -0.2) is 0 Å². The summed E-state index contributed by atoms with van der Waals surface area (Å²) >= 11 is 0. The maximum Gasteiger partial charge on any atom is 1.00 e. The van der Waals surface area contributed by atoms with E-state index < -0.39 is 22.3 Å². The molecule has 0 rings (SSSR count). The van der Waals surface area contributed by atoms with E-state index in [9.17, 15) is 14.4 Å². The van der Waals surface area contributed by atoms with Crippen LogP contribution in [0.1, 0.15) is 12.8 Å². The molecule has 74 valence electrons.